The number of oxazole rings is 1. The molecule has 0 bridgehead atoms. The van der Waals surface area contributed by atoms with Gasteiger partial charge in [0.25, 0.3) is 5.56 Å². The Morgan fingerprint density at radius 3 is 2.71 bits per heavy atom. The molecule has 2 aliphatic rings. The van der Waals surface area contributed by atoms with Crippen LogP contribution in [0.25, 0.3) is 21.0 Å². The van der Waals surface area contributed by atoms with E-state index in [4.69, 9.17) is 18.6 Å². The smallest absolute Gasteiger partial charge is 0.332 e. The highest BCUT2D eigenvalue weighted by Gasteiger charge is 2.32. The van der Waals surface area contributed by atoms with E-state index in [-0.39, 0.29) is 18.6 Å². The summed E-state index contributed by atoms with van der Waals surface area (Å²) < 4.78 is 26.1. The third kappa shape index (κ3) is 5.11. The molecule has 11 nitrogen and oxygen atoms in total. The number of nitrogens with one attached hydrogen (secondary N) is 1. The van der Waals surface area contributed by atoms with E-state index < -0.39 is 23.4 Å². The number of carbonyl (C=O) groups excluding carboxylic acids is 1. The van der Waals surface area contributed by atoms with E-state index in [0.29, 0.717) is 64.9 Å². The van der Waals surface area contributed by atoms with Crippen LogP contribution in [0.3, 0.4) is 0 Å². The lowest BCUT2D eigenvalue weighted by molar-refractivity contribution is -0.126. The molecule has 12 heteroatoms. The number of aryl methyl sites for hydroxylation is 1. The second-order valence-electron chi connectivity index (χ2n) is 10.3. The fraction of sp³-hybridized carbons (Fsp3) is 0.448. The van der Waals surface area contributed by atoms with Gasteiger partial charge in [0.1, 0.15) is 29.0 Å². The third-order valence-corrected chi connectivity index (χ3v) is 9.10. The molecule has 5 heterocycles. The standard InChI is InChI=1S/C29H32N4O7S/c1-17-23-27(35)33(20-7-5-11-30-25(20)34)29(36)32(28(23)41-24(17)26-31-12-15-39-26)16-22(40-18-9-13-38-14-10-18)19-6-3-4-8-21(19)37-2/h3-4,6,8,12,15,18,20,22H,5,7,9-11,13-14,16H2,1-2H3,(H,30,34)/t20?,22-/m0/s1. The van der Waals surface area contributed by atoms with Gasteiger partial charge in [0.05, 0.1) is 36.2 Å². The largest absolute Gasteiger partial charge is 0.496 e. The summed E-state index contributed by atoms with van der Waals surface area (Å²) in [5.41, 5.74) is 0.389. The zero-order valence-electron chi connectivity index (χ0n) is 23.0. The average molecular weight is 581 g/mol. The van der Waals surface area contributed by atoms with Gasteiger partial charge >= 0.3 is 5.69 Å². The molecule has 3 aromatic heterocycles. The quantitative estimate of drug-likeness (QED) is 0.335. The molecule has 2 atom stereocenters. The molecule has 0 saturated carbocycles. The second-order valence-corrected chi connectivity index (χ2v) is 11.3. The molecule has 2 fully saturated rings. The highest BCUT2D eigenvalue weighted by Crippen LogP contribution is 2.37. The lowest BCUT2D eigenvalue weighted by Gasteiger charge is -2.30. The van der Waals surface area contributed by atoms with E-state index in [0.717, 1.165) is 23.0 Å². The molecule has 41 heavy (non-hydrogen) atoms. The summed E-state index contributed by atoms with van der Waals surface area (Å²) in [4.78, 5) is 46.6. The Balaban J connectivity index is 1.56. The number of benzene rings is 1. The van der Waals surface area contributed by atoms with E-state index in [1.54, 1.807) is 11.7 Å². The van der Waals surface area contributed by atoms with E-state index in [1.165, 1.54) is 23.8 Å². The lowest BCUT2D eigenvalue weighted by Crippen LogP contribution is -2.49. The Kier molecular flexibility index (Phi) is 7.78. The Hall–Kier alpha value is -3.74. The number of piperidine rings is 1. The van der Waals surface area contributed by atoms with Gasteiger partial charge < -0.3 is 23.9 Å². The number of carbonyl (C=O) groups is 1. The molecule has 1 aromatic carbocycles. The Bertz CT molecular complexity index is 1670. The number of amides is 1. The number of fused-ring (bicyclic) bond motifs is 1. The van der Waals surface area contributed by atoms with E-state index in [2.05, 4.69) is 10.3 Å². The van der Waals surface area contributed by atoms with Crippen LogP contribution in [0, 0.1) is 6.92 Å². The predicted octanol–water partition coefficient (Wildman–Crippen LogP) is 3.58. The van der Waals surface area contributed by atoms with E-state index in [9.17, 15) is 14.4 Å². The van der Waals surface area contributed by atoms with Crippen molar-refractivity contribution in [2.24, 2.45) is 0 Å². The maximum atomic E-state index is 14.3. The van der Waals surface area contributed by atoms with Crippen molar-refractivity contribution in [3.8, 4) is 16.5 Å². The lowest BCUT2D eigenvalue weighted by atomic mass is 10.1. The average Bonchev–Trinajstić information content (AvgIpc) is 3.64. The Labute approximate surface area is 239 Å². The van der Waals surface area contributed by atoms with Crippen LogP contribution in [0.1, 0.15) is 49.0 Å². The van der Waals surface area contributed by atoms with Crippen LogP contribution in [-0.4, -0.2) is 53.0 Å². The first-order valence-corrected chi connectivity index (χ1v) is 14.6. The van der Waals surface area contributed by atoms with Crippen molar-refractivity contribution in [3.05, 3.63) is 68.7 Å². The number of hydrogen-bond donors (Lipinski definition) is 1. The monoisotopic (exact) mass is 580 g/mol. The van der Waals surface area contributed by atoms with Crippen LogP contribution in [0.4, 0.5) is 0 Å². The fourth-order valence-electron chi connectivity index (χ4n) is 5.70. The molecule has 1 amide bonds. The molecule has 1 unspecified atom stereocenters. The summed E-state index contributed by atoms with van der Waals surface area (Å²) in [6.07, 6.45) is 4.88. The topological polar surface area (TPSA) is 127 Å². The van der Waals surface area contributed by atoms with Gasteiger partial charge in [-0.25, -0.2) is 14.3 Å². The summed E-state index contributed by atoms with van der Waals surface area (Å²) in [5, 5.41) is 3.18. The first-order valence-electron chi connectivity index (χ1n) is 13.8. The van der Waals surface area contributed by atoms with E-state index in [1.807, 2.05) is 31.2 Å². The third-order valence-electron chi connectivity index (χ3n) is 7.80. The number of hydrogen-bond acceptors (Lipinski definition) is 9. The molecule has 2 aliphatic heterocycles. The zero-order chi connectivity index (χ0) is 28.5. The second kappa shape index (κ2) is 11.6. The number of rotatable bonds is 8. The van der Waals surface area contributed by atoms with Crippen LogP contribution in [-0.2, 0) is 20.8 Å². The van der Waals surface area contributed by atoms with Crippen LogP contribution in [0.2, 0.25) is 0 Å². The van der Waals surface area contributed by atoms with Crippen molar-refractivity contribution in [2.75, 3.05) is 26.9 Å². The normalized spacial score (nSPS) is 18.9. The van der Waals surface area contributed by atoms with E-state index >= 15 is 0 Å². The number of para-hydroxylation sites is 1. The number of thiophene rings is 1. The molecule has 0 aliphatic carbocycles. The zero-order valence-corrected chi connectivity index (χ0v) is 23.8. The van der Waals surface area contributed by atoms with Gasteiger partial charge in [-0.15, -0.1) is 11.3 Å². The van der Waals surface area contributed by atoms with Crippen LogP contribution in [0.5, 0.6) is 5.75 Å². The summed E-state index contributed by atoms with van der Waals surface area (Å²) in [6.45, 7) is 3.63. The van der Waals surface area contributed by atoms with Crippen molar-refractivity contribution in [3.63, 3.8) is 0 Å². The molecular weight excluding hydrogens is 548 g/mol. The highest BCUT2D eigenvalue weighted by molar-refractivity contribution is 7.22. The van der Waals surface area contributed by atoms with Crippen molar-refractivity contribution >= 4 is 27.5 Å². The van der Waals surface area contributed by atoms with Gasteiger partial charge in [-0.1, -0.05) is 18.2 Å². The molecular formula is C29H32N4O7S. The van der Waals surface area contributed by atoms with Gasteiger partial charge in [0.15, 0.2) is 0 Å². The molecule has 1 N–H and O–H groups in total. The minimum atomic E-state index is -0.898. The number of ether oxygens (including phenoxy) is 3. The number of methoxy groups -OCH3 is 1. The van der Waals surface area contributed by atoms with Gasteiger partial charge in [0.2, 0.25) is 11.8 Å². The van der Waals surface area contributed by atoms with Crippen LogP contribution >= 0.6 is 11.3 Å². The minimum absolute atomic E-state index is 0.0761. The Morgan fingerprint density at radius 2 is 1.98 bits per heavy atom. The molecule has 2 saturated heterocycles. The van der Waals surface area contributed by atoms with Crippen molar-refractivity contribution in [1.29, 1.82) is 0 Å². The number of aromatic nitrogens is 3. The highest BCUT2D eigenvalue weighted by atomic mass is 32.1. The SMILES string of the molecule is COc1ccccc1[C@H](Cn1c(=O)n(C2CCCNC2=O)c(=O)c2c(C)c(-c3ncco3)sc21)OC1CCOCC1. The summed E-state index contributed by atoms with van der Waals surface area (Å²) in [7, 11) is 1.60. The van der Waals surface area contributed by atoms with Crippen molar-refractivity contribution < 1.29 is 23.4 Å². The van der Waals surface area contributed by atoms with Crippen LogP contribution < -0.4 is 21.3 Å². The maximum absolute atomic E-state index is 14.3. The molecule has 4 aromatic rings. The van der Waals surface area contributed by atoms with Gasteiger partial charge in [0, 0.05) is 25.3 Å². The molecule has 0 spiro atoms. The maximum Gasteiger partial charge on any atom is 0.332 e. The first kappa shape index (κ1) is 27.4. The molecule has 6 rings (SSSR count). The van der Waals surface area contributed by atoms with Gasteiger partial charge in [-0.05, 0) is 44.2 Å². The summed E-state index contributed by atoms with van der Waals surface area (Å²) >= 11 is 1.27. The number of nitrogens with zero attached hydrogens (tertiary/aromatic N) is 3. The molecule has 0 radical (unpaired) electrons. The Morgan fingerprint density at radius 1 is 1.17 bits per heavy atom. The van der Waals surface area contributed by atoms with Crippen molar-refractivity contribution in [1.82, 2.24) is 19.4 Å². The molecule has 216 valence electrons. The predicted molar refractivity (Wildman–Crippen MR) is 153 cm³/mol. The van der Waals surface area contributed by atoms with Crippen molar-refractivity contribution in [2.45, 2.75) is 57.4 Å². The van der Waals surface area contributed by atoms with Gasteiger partial charge in [-0.3, -0.25) is 14.2 Å². The minimum Gasteiger partial charge on any atom is -0.496 e. The van der Waals surface area contributed by atoms with Gasteiger partial charge in [-0.2, -0.15) is 0 Å². The first-order chi connectivity index (χ1) is 20.0. The summed E-state index contributed by atoms with van der Waals surface area (Å²) in [5.74, 6) is 0.669. The van der Waals surface area contributed by atoms with Crippen LogP contribution in [0.15, 0.2) is 50.7 Å². The fourth-order valence-corrected chi connectivity index (χ4v) is 6.94. The summed E-state index contributed by atoms with van der Waals surface area (Å²) in [6, 6.07) is 6.67.